The van der Waals surface area contributed by atoms with Crippen LogP contribution in [0.2, 0.25) is 5.02 Å². The maximum Gasteiger partial charge on any atom is 0.304 e. The van der Waals surface area contributed by atoms with Gasteiger partial charge in [-0.2, -0.15) is 0 Å². The van der Waals surface area contributed by atoms with Gasteiger partial charge in [-0.05, 0) is 37.2 Å². The molecule has 164 valence electrons. The van der Waals surface area contributed by atoms with E-state index in [-0.39, 0.29) is 24.2 Å². The van der Waals surface area contributed by atoms with Crippen molar-refractivity contribution in [3.05, 3.63) is 46.8 Å². The number of ether oxygens (including phenoxy) is 1. The number of amides is 1. The second kappa shape index (κ2) is 9.94. The number of carbonyl (C=O) groups is 2. The summed E-state index contributed by atoms with van der Waals surface area (Å²) in [4.78, 5) is 31.6. The molecular weight excluding hydrogens is 436 g/mol. The number of carboxylic acid groups (broad SMARTS) is 1. The van der Waals surface area contributed by atoms with Gasteiger partial charge in [0.2, 0.25) is 5.91 Å². The molecule has 0 bridgehead atoms. The second-order valence-electron chi connectivity index (χ2n) is 7.97. The molecule has 1 aromatic carbocycles. The number of hydrogen-bond acceptors (Lipinski definition) is 5. The zero-order chi connectivity index (χ0) is 21.8. The van der Waals surface area contributed by atoms with Crippen molar-refractivity contribution < 1.29 is 19.4 Å². The Labute approximate surface area is 190 Å². The van der Waals surface area contributed by atoms with Crippen molar-refractivity contribution in [3.8, 4) is 11.3 Å². The Kier molecular flexibility index (Phi) is 7.05. The zero-order valence-electron chi connectivity index (χ0n) is 17.1. The highest BCUT2D eigenvalue weighted by atomic mass is 35.5. The first-order valence-electron chi connectivity index (χ1n) is 10.5. The van der Waals surface area contributed by atoms with Gasteiger partial charge in [0.15, 0.2) is 5.13 Å². The Morgan fingerprint density at radius 1 is 1.26 bits per heavy atom. The van der Waals surface area contributed by atoms with Crippen molar-refractivity contribution in [2.24, 2.45) is 17.8 Å². The fourth-order valence-corrected chi connectivity index (χ4v) is 5.59. The Balaban J connectivity index is 1.64. The van der Waals surface area contributed by atoms with Crippen molar-refractivity contribution in [1.29, 1.82) is 0 Å². The molecule has 8 heteroatoms. The molecule has 1 saturated heterocycles. The van der Waals surface area contributed by atoms with Gasteiger partial charge in [0.25, 0.3) is 0 Å². The monoisotopic (exact) mass is 460 g/mol. The average Bonchev–Trinajstić information content (AvgIpc) is 3.24. The van der Waals surface area contributed by atoms with E-state index in [1.165, 1.54) is 11.3 Å². The molecule has 0 aliphatic carbocycles. The minimum Gasteiger partial charge on any atom is -0.481 e. The van der Waals surface area contributed by atoms with E-state index >= 15 is 0 Å². The van der Waals surface area contributed by atoms with Gasteiger partial charge in [-0.25, -0.2) is 4.98 Å². The molecule has 4 rings (SSSR count). The van der Waals surface area contributed by atoms with E-state index in [1.807, 2.05) is 29.7 Å². The lowest BCUT2D eigenvalue weighted by atomic mass is 9.73. The lowest BCUT2D eigenvalue weighted by Gasteiger charge is -2.37. The normalized spacial score (nSPS) is 22.9. The van der Waals surface area contributed by atoms with Crippen LogP contribution >= 0.6 is 22.9 Å². The Morgan fingerprint density at radius 2 is 2.03 bits per heavy atom. The molecule has 1 aromatic heterocycles. The van der Waals surface area contributed by atoms with Gasteiger partial charge in [0, 0.05) is 35.7 Å². The van der Waals surface area contributed by atoms with E-state index in [1.54, 1.807) is 11.0 Å². The molecule has 2 atom stereocenters. The van der Waals surface area contributed by atoms with Crippen LogP contribution in [0.15, 0.2) is 41.8 Å². The summed E-state index contributed by atoms with van der Waals surface area (Å²) in [5.41, 5.74) is 1.52. The predicted octanol–water partition coefficient (Wildman–Crippen LogP) is 4.89. The number of benzene rings is 1. The minimum atomic E-state index is -0.948. The molecular formula is C23H25ClN2O4S. The maximum atomic E-state index is 13.6. The van der Waals surface area contributed by atoms with Crippen LogP contribution in [0.1, 0.15) is 25.7 Å². The summed E-state index contributed by atoms with van der Waals surface area (Å²) in [5, 5.41) is 12.6. The standard InChI is InChI=1S/C23H25ClN2O4S/c24-19-7-2-1-6-17(19)20-14-31-23(25-20)26-10-4-3-5-16(15-8-11-30-12-9-15)18(22(26)29)13-21(27)28/h1-4,6-7,14-16,18H,5,8-13H2,(H,27,28)/t16-,18-/m0/s1. The number of nitrogens with zero attached hydrogens (tertiary/aromatic N) is 2. The topological polar surface area (TPSA) is 79.7 Å². The molecule has 1 amide bonds. The number of rotatable bonds is 5. The molecule has 6 nitrogen and oxygen atoms in total. The lowest BCUT2D eigenvalue weighted by molar-refractivity contribution is -0.142. The van der Waals surface area contributed by atoms with Gasteiger partial charge in [-0.3, -0.25) is 14.5 Å². The van der Waals surface area contributed by atoms with Gasteiger partial charge < -0.3 is 9.84 Å². The zero-order valence-corrected chi connectivity index (χ0v) is 18.6. The van der Waals surface area contributed by atoms with Gasteiger partial charge in [0.05, 0.1) is 18.0 Å². The van der Waals surface area contributed by atoms with Crippen LogP contribution in [0.25, 0.3) is 11.3 Å². The summed E-state index contributed by atoms with van der Waals surface area (Å²) < 4.78 is 5.49. The van der Waals surface area contributed by atoms with Crippen LogP contribution in [0, 0.1) is 17.8 Å². The molecule has 0 saturated carbocycles. The van der Waals surface area contributed by atoms with Crippen LogP contribution in [0.4, 0.5) is 5.13 Å². The Hall–Kier alpha value is -2.22. The average molecular weight is 461 g/mol. The summed E-state index contributed by atoms with van der Waals surface area (Å²) in [6.45, 7) is 1.71. The Morgan fingerprint density at radius 3 is 2.77 bits per heavy atom. The summed E-state index contributed by atoms with van der Waals surface area (Å²) in [6.07, 6.45) is 6.32. The second-order valence-corrected chi connectivity index (χ2v) is 9.21. The number of carbonyl (C=O) groups excluding carboxylic acids is 1. The molecule has 0 radical (unpaired) electrons. The number of carboxylic acids is 1. The molecule has 3 heterocycles. The number of aromatic nitrogens is 1. The summed E-state index contributed by atoms with van der Waals surface area (Å²) in [6, 6.07) is 7.45. The number of allylic oxidation sites excluding steroid dienone is 1. The molecule has 0 spiro atoms. The van der Waals surface area contributed by atoms with Crippen molar-refractivity contribution in [1.82, 2.24) is 4.98 Å². The fourth-order valence-electron chi connectivity index (χ4n) is 4.52. The minimum absolute atomic E-state index is 0.0189. The third kappa shape index (κ3) is 5.00. The van der Waals surface area contributed by atoms with E-state index in [0.717, 1.165) is 18.4 Å². The highest BCUT2D eigenvalue weighted by Crippen LogP contribution is 2.38. The highest BCUT2D eigenvalue weighted by molar-refractivity contribution is 7.14. The van der Waals surface area contributed by atoms with Gasteiger partial charge in [-0.15, -0.1) is 11.3 Å². The lowest BCUT2D eigenvalue weighted by Crippen LogP contribution is -2.44. The number of anilines is 1. The van der Waals surface area contributed by atoms with Gasteiger partial charge >= 0.3 is 5.97 Å². The third-order valence-electron chi connectivity index (χ3n) is 6.10. The van der Waals surface area contributed by atoms with Crippen molar-refractivity contribution in [3.63, 3.8) is 0 Å². The van der Waals surface area contributed by atoms with Crippen molar-refractivity contribution in [2.75, 3.05) is 24.7 Å². The first-order chi connectivity index (χ1) is 15.0. The first-order valence-corrected chi connectivity index (χ1v) is 11.8. The van der Waals surface area contributed by atoms with Crippen LogP contribution in [0.3, 0.4) is 0 Å². The third-order valence-corrected chi connectivity index (χ3v) is 7.29. The molecule has 2 aromatic rings. The number of hydrogen-bond donors (Lipinski definition) is 1. The number of halogens is 1. The van der Waals surface area contributed by atoms with Crippen LogP contribution < -0.4 is 4.90 Å². The number of aliphatic carboxylic acids is 1. The molecule has 1 fully saturated rings. The maximum absolute atomic E-state index is 13.6. The molecule has 0 unspecified atom stereocenters. The van der Waals surface area contributed by atoms with Crippen LogP contribution in [0.5, 0.6) is 0 Å². The quantitative estimate of drug-likeness (QED) is 0.642. The molecule has 1 N–H and O–H groups in total. The highest BCUT2D eigenvalue weighted by Gasteiger charge is 2.39. The van der Waals surface area contributed by atoms with E-state index in [4.69, 9.17) is 16.3 Å². The molecule has 31 heavy (non-hydrogen) atoms. The van der Waals surface area contributed by atoms with Gasteiger partial charge in [-0.1, -0.05) is 42.0 Å². The summed E-state index contributed by atoms with van der Waals surface area (Å²) in [5.74, 6) is -1.44. The van der Waals surface area contributed by atoms with Crippen LogP contribution in [-0.4, -0.2) is 41.7 Å². The summed E-state index contributed by atoms with van der Waals surface area (Å²) >= 11 is 7.68. The van der Waals surface area contributed by atoms with Gasteiger partial charge in [0.1, 0.15) is 0 Å². The SMILES string of the molecule is O=C(O)C[C@@H]1C(=O)N(c2nc(-c3ccccc3Cl)cs2)CC=CC[C@H]1C1CCOCC1. The predicted molar refractivity (Wildman–Crippen MR) is 121 cm³/mol. The van der Waals surface area contributed by atoms with Crippen molar-refractivity contribution in [2.45, 2.75) is 25.7 Å². The molecule has 2 aliphatic heterocycles. The number of thiazole rings is 1. The molecule has 2 aliphatic rings. The largest absolute Gasteiger partial charge is 0.481 e. The fraction of sp³-hybridized carbons (Fsp3) is 0.435. The van der Waals surface area contributed by atoms with E-state index < -0.39 is 11.9 Å². The Bertz CT molecular complexity index is 970. The first kappa shape index (κ1) is 22.0. The smallest absolute Gasteiger partial charge is 0.304 e. The summed E-state index contributed by atoms with van der Waals surface area (Å²) in [7, 11) is 0. The van der Waals surface area contributed by atoms with Crippen molar-refractivity contribution >= 4 is 39.9 Å². The van der Waals surface area contributed by atoms with E-state index in [2.05, 4.69) is 11.1 Å². The van der Waals surface area contributed by atoms with E-state index in [0.29, 0.717) is 42.0 Å². The van der Waals surface area contributed by atoms with E-state index in [9.17, 15) is 14.7 Å². The van der Waals surface area contributed by atoms with Crippen LogP contribution in [-0.2, 0) is 14.3 Å².